The lowest BCUT2D eigenvalue weighted by molar-refractivity contribution is 0.0991. The number of carbonyl (C=O) groups excluding carboxylic acids is 1. The maximum atomic E-state index is 14.2. The van der Waals surface area contributed by atoms with Gasteiger partial charge in [0.1, 0.15) is 22.8 Å². The normalized spacial score (nSPS) is 10.7. The van der Waals surface area contributed by atoms with E-state index in [9.17, 15) is 13.6 Å². The number of aromatic nitrogens is 1. The van der Waals surface area contributed by atoms with Gasteiger partial charge in [-0.3, -0.25) is 4.79 Å². The summed E-state index contributed by atoms with van der Waals surface area (Å²) in [5, 5.41) is 0.604. The summed E-state index contributed by atoms with van der Waals surface area (Å²) in [5.41, 5.74) is 5.65. The zero-order valence-corrected chi connectivity index (χ0v) is 16.0. The highest BCUT2D eigenvalue weighted by Gasteiger charge is 2.20. The first-order chi connectivity index (χ1) is 13.9. The number of primary amides is 1. The number of hydrogen-bond acceptors (Lipinski definition) is 4. The number of nitrogens with two attached hydrogens (primary N) is 1. The van der Waals surface area contributed by atoms with Crippen LogP contribution in [0.1, 0.15) is 22.0 Å². The lowest BCUT2D eigenvalue weighted by Crippen LogP contribution is -2.16. The predicted octanol–water partition coefficient (Wildman–Crippen LogP) is 4.72. The fourth-order valence-electron chi connectivity index (χ4n) is 2.73. The zero-order valence-electron chi connectivity index (χ0n) is 15.3. The molecule has 1 heterocycles. The average Bonchev–Trinajstić information content (AvgIpc) is 3.07. The summed E-state index contributed by atoms with van der Waals surface area (Å²) in [4.78, 5) is 15.7. The quantitative estimate of drug-likeness (QED) is 0.537. The van der Waals surface area contributed by atoms with Crippen LogP contribution in [0.4, 0.5) is 8.78 Å². The van der Waals surface area contributed by atoms with Crippen molar-refractivity contribution in [2.24, 2.45) is 5.73 Å². The van der Waals surface area contributed by atoms with Gasteiger partial charge in [-0.05, 0) is 24.3 Å². The van der Waals surface area contributed by atoms with E-state index in [0.29, 0.717) is 28.8 Å². The van der Waals surface area contributed by atoms with Gasteiger partial charge in [-0.2, -0.15) is 0 Å². The van der Waals surface area contributed by atoms with Gasteiger partial charge in [0.15, 0.2) is 17.5 Å². The standard InChI is InChI=1S/C21H17ClF2N2O3/c1-2-3-16-20(12-4-6-13(22)7-5-12)26-17(29-16)10-11-28-15-9-8-14(23)18(19(15)24)21(25)27/h2,4-9H,1,3,10-11H2,(H2,25,27). The third-order valence-corrected chi connectivity index (χ3v) is 4.32. The Morgan fingerprint density at radius 2 is 1.97 bits per heavy atom. The third kappa shape index (κ3) is 4.63. The molecule has 0 atom stereocenters. The first kappa shape index (κ1) is 20.5. The van der Waals surface area contributed by atoms with E-state index in [2.05, 4.69) is 11.6 Å². The van der Waals surface area contributed by atoms with E-state index in [4.69, 9.17) is 26.5 Å². The summed E-state index contributed by atoms with van der Waals surface area (Å²) >= 11 is 5.93. The maximum Gasteiger partial charge on any atom is 0.254 e. The molecule has 3 rings (SSSR count). The molecule has 0 aliphatic carbocycles. The number of rotatable bonds is 8. The molecule has 1 amide bonds. The lowest BCUT2D eigenvalue weighted by Gasteiger charge is -2.08. The molecule has 0 fully saturated rings. The molecule has 0 spiro atoms. The largest absolute Gasteiger partial charge is 0.490 e. The highest BCUT2D eigenvalue weighted by atomic mass is 35.5. The van der Waals surface area contributed by atoms with Gasteiger partial charge in [-0.25, -0.2) is 13.8 Å². The Hall–Kier alpha value is -3.19. The van der Waals surface area contributed by atoms with Crippen LogP contribution in [0.5, 0.6) is 5.75 Å². The number of nitrogens with zero attached hydrogens (tertiary/aromatic N) is 1. The van der Waals surface area contributed by atoms with Gasteiger partial charge in [-0.1, -0.05) is 29.8 Å². The van der Waals surface area contributed by atoms with Crippen LogP contribution in [0.25, 0.3) is 11.3 Å². The second kappa shape index (κ2) is 8.87. The Kier molecular flexibility index (Phi) is 6.29. The molecule has 5 nitrogen and oxygen atoms in total. The minimum atomic E-state index is -1.21. The predicted molar refractivity (Wildman–Crippen MR) is 105 cm³/mol. The highest BCUT2D eigenvalue weighted by Crippen LogP contribution is 2.27. The number of amides is 1. The summed E-state index contributed by atoms with van der Waals surface area (Å²) < 4.78 is 38.8. The number of halogens is 3. The molecule has 3 aromatic rings. The van der Waals surface area contributed by atoms with Crippen molar-refractivity contribution in [2.75, 3.05) is 6.61 Å². The average molecular weight is 419 g/mol. The molecule has 0 saturated carbocycles. The van der Waals surface area contributed by atoms with Crippen molar-refractivity contribution >= 4 is 17.5 Å². The summed E-state index contributed by atoms with van der Waals surface area (Å²) in [7, 11) is 0. The topological polar surface area (TPSA) is 78.4 Å². The van der Waals surface area contributed by atoms with Crippen molar-refractivity contribution in [3.05, 3.63) is 82.9 Å². The molecule has 2 N–H and O–H groups in total. The van der Waals surface area contributed by atoms with Gasteiger partial charge < -0.3 is 14.9 Å². The van der Waals surface area contributed by atoms with Crippen LogP contribution in [0.15, 0.2) is 53.5 Å². The minimum Gasteiger partial charge on any atom is -0.490 e. The Morgan fingerprint density at radius 3 is 2.62 bits per heavy atom. The van der Waals surface area contributed by atoms with Crippen molar-refractivity contribution in [2.45, 2.75) is 12.8 Å². The van der Waals surface area contributed by atoms with Gasteiger partial charge in [0.05, 0.1) is 13.0 Å². The Bertz CT molecular complexity index is 1050. The lowest BCUT2D eigenvalue weighted by atomic mass is 10.1. The maximum absolute atomic E-state index is 14.2. The van der Waals surface area contributed by atoms with Crippen LogP contribution in [0.2, 0.25) is 5.02 Å². The molecule has 29 heavy (non-hydrogen) atoms. The van der Waals surface area contributed by atoms with Crippen molar-refractivity contribution in [3.63, 3.8) is 0 Å². The molecule has 0 radical (unpaired) electrons. The molecule has 0 aliphatic rings. The molecular formula is C21H17ClF2N2O3. The minimum absolute atomic E-state index is 0.00510. The molecule has 0 unspecified atom stereocenters. The fourth-order valence-corrected chi connectivity index (χ4v) is 2.86. The van der Waals surface area contributed by atoms with Crippen LogP contribution in [0, 0.1) is 11.6 Å². The number of allylic oxidation sites excluding steroid dienone is 1. The zero-order chi connectivity index (χ0) is 21.0. The van der Waals surface area contributed by atoms with Crippen LogP contribution < -0.4 is 10.5 Å². The van der Waals surface area contributed by atoms with E-state index in [1.54, 1.807) is 18.2 Å². The van der Waals surface area contributed by atoms with Crippen molar-refractivity contribution in [1.82, 2.24) is 4.98 Å². The Morgan fingerprint density at radius 1 is 1.24 bits per heavy atom. The number of benzene rings is 2. The molecule has 1 aromatic heterocycles. The van der Waals surface area contributed by atoms with E-state index >= 15 is 0 Å². The molecule has 0 aliphatic heterocycles. The highest BCUT2D eigenvalue weighted by molar-refractivity contribution is 6.30. The molecule has 0 saturated heterocycles. The summed E-state index contributed by atoms with van der Waals surface area (Å²) in [6.45, 7) is 3.71. The first-order valence-corrected chi connectivity index (χ1v) is 9.04. The van der Waals surface area contributed by atoms with Crippen molar-refractivity contribution in [1.29, 1.82) is 0 Å². The van der Waals surface area contributed by atoms with E-state index in [0.717, 1.165) is 17.7 Å². The van der Waals surface area contributed by atoms with Crippen molar-refractivity contribution < 1.29 is 22.7 Å². The van der Waals surface area contributed by atoms with E-state index < -0.39 is 23.1 Å². The van der Waals surface area contributed by atoms with Crippen LogP contribution in [0.3, 0.4) is 0 Å². The van der Waals surface area contributed by atoms with Crippen LogP contribution >= 0.6 is 11.6 Å². The van der Waals surface area contributed by atoms with Gasteiger partial charge in [0.25, 0.3) is 5.91 Å². The molecule has 8 heteroatoms. The SMILES string of the molecule is C=CCc1oc(CCOc2ccc(F)c(C(N)=O)c2F)nc1-c1ccc(Cl)cc1. The van der Waals surface area contributed by atoms with Crippen LogP contribution in [-0.2, 0) is 12.8 Å². The van der Waals surface area contributed by atoms with Crippen molar-refractivity contribution in [3.8, 4) is 17.0 Å². The first-order valence-electron chi connectivity index (χ1n) is 8.66. The fraction of sp³-hybridized carbons (Fsp3) is 0.143. The number of ether oxygens (including phenoxy) is 1. The third-order valence-electron chi connectivity index (χ3n) is 4.06. The van der Waals surface area contributed by atoms with Gasteiger partial charge in [0.2, 0.25) is 0 Å². The molecule has 0 bridgehead atoms. The smallest absolute Gasteiger partial charge is 0.254 e. The summed E-state index contributed by atoms with van der Waals surface area (Å²) in [5.74, 6) is -2.67. The van der Waals surface area contributed by atoms with E-state index in [1.165, 1.54) is 0 Å². The van der Waals surface area contributed by atoms with Gasteiger partial charge in [-0.15, -0.1) is 6.58 Å². The van der Waals surface area contributed by atoms with Crippen LogP contribution in [-0.4, -0.2) is 17.5 Å². The molecule has 2 aromatic carbocycles. The van der Waals surface area contributed by atoms with Gasteiger partial charge >= 0.3 is 0 Å². The molecule has 150 valence electrons. The monoisotopic (exact) mass is 418 g/mol. The second-order valence-electron chi connectivity index (χ2n) is 6.08. The second-order valence-corrected chi connectivity index (χ2v) is 6.51. The Balaban J connectivity index is 1.75. The summed E-state index contributed by atoms with van der Waals surface area (Å²) in [6.07, 6.45) is 2.39. The number of hydrogen-bond donors (Lipinski definition) is 1. The molecular weight excluding hydrogens is 402 g/mol. The Labute approximate surface area is 170 Å². The van der Waals surface area contributed by atoms with E-state index in [-0.39, 0.29) is 18.8 Å². The van der Waals surface area contributed by atoms with E-state index in [1.807, 2.05) is 12.1 Å². The summed E-state index contributed by atoms with van der Waals surface area (Å²) in [6, 6.07) is 9.16. The number of oxazole rings is 1. The number of carbonyl (C=O) groups is 1. The van der Waals surface area contributed by atoms with Gasteiger partial charge in [0, 0.05) is 17.0 Å².